The van der Waals surface area contributed by atoms with Crippen molar-refractivity contribution in [1.82, 2.24) is 16.0 Å². The summed E-state index contributed by atoms with van der Waals surface area (Å²) in [4.78, 5) is 63.4. The van der Waals surface area contributed by atoms with E-state index in [1.807, 2.05) is 0 Å². The van der Waals surface area contributed by atoms with E-state index in [9.17, 15) is 34.2 Å². The summed E-state index contributed by atoms with van der Waals surface area (Å²) < 4.78 is 0. The fourth-order valence-corrected chi connectivity index (χ4v) is 3.16. The van der Waals surface area contributed by atoms with Crippen LogP contribution in [0, 0.1) is 0 Å². The van der Waals surface area contributed by atoms with Crippen LogP contribution < -0.4 is 33.2 Å². The molecule has 3 amide bonds. The molecule has 0 saturated carbocycles. The van der Waals surface area contributed by atoms with Crippen LogP contribution >= 0.6 is 11.8 Å². The van der Waals surface area contributed by atoms with Gasteiger partial charge in [-0.05, 0) is 37.7 Å². The molecule has 0 heterocycles. The minimum Gasteiger partial charge on any atom is -0.481 e. The van der Waals surface area contributed by atoms with E-state index in [1.54, 1.807) is 6.26 Å². The van der Waals surface area contributed by atoms with Crippen LogP contribution in [0.4, 0.5) is 0 Å². The molecular weight excluding hydrogens is 486 g/mol. The largest absolute Gasteiger partial charge is 0.481 e. The SMILES string of the molecule is CSCCC(NC(=O)C(CCCN=C(N)N)NC(=O)C(CO)NC(=O)C(N)CCC(=O)O)C(=O)O. The maximum Gasteiger partial charge on any atom is 0.326 e. The van der Waals surface area contributed by atoms with Gasteiger partial charge in [0.2, 0.25) is 17.7 Å². The number of thioether (sulfide) groups is 1. The fourth-order valence-electron chi connectivity index (χ4n) is 2.69. The molecule has 0 aromatic carbocycles. The molecule has 4 unspecified atom stereocenters. The second-order valence-electron chi connectivity index (χ2n) is 7.47. The number of nitrogens with two attached hydrogens (primary N) is 3. The van der Waals surface area contributed by atoms with Crippen molar-refractivity contribution in [1.29, 1.82) is 0 Å². The summed E-state index contributed by atoms with van der Waals surface area (Å²) in [5, 5.41) is 34.5. The first-order chi connectivity index (χ1) is 16.4. The van der Waals surface area contributed by atoms with Crippen LogP contribution in [0.3, 0.4) is 0 Å². The van der Waals surface area contributed by atoms with Gasteiger partial charge in [0.15, 0.2) is 5.96 Å². The van der Waals surface area contributed by atoms with E-state index >= 15 is 0 Å². The van der Waals surface area contributed by atoms with Crippen molar-refractivity contribution in [2.45, 2.75) is 56.3 Å². The Bertz CT molecular complexity index is 763. The highest BCUT2D eigenvalue weighted by atomic mass is 32.2. The fraction of sp³-hybridized carbons (Fsp3) is 0.684. The normalized spacial score (nSPS) is 14.0. The van der Waals surface area contributed by atoms with Crippen molar-refractivity contribution in [3.8, 4) is 0 Å². The van der Waals surface area contributed by atoms with Crippen LogP contribution in [-0.2, 0) is 24.0 Å². The zero-order valence-electron chi connectivity index (χ0n) is 19.4. The summed E-state index contributed by atoms with van der Waals surface area (Å²) in [7, 11) is 0. The van der Waals surface area contributed by atoms with Crippen molar-refractivity contribution < 1.29 is 39.3 Å². The molecular formula is C19H35N7O8S. The molecule has 0 saturated heterocycles. The van der Waals surface area contributed by atoms with Gasteiger partial charge in [0.1, 0.15) is 18.1 Å². The van der Waals surface area contributed by atoms with E-state index in [2.05, 4.69) is 20.9 Å². The third kappa shape index (κ3) is 14.0. The molecule has 35 heavy (non-hydrogen) atoms. The number of aliphatic carboxylic acids is 2. The third-order valence-electron chi connectivity index (χ3n) is 4.63. The Labute approximate surface area is 206 Å². The van der Waals surface area contributed by atoms with Crippen molar-refractivity contribution in [2.24, 2.45) is 22.2 Å². The van der Waals surface area contributed by atoms with E-state index in [-0.39, 0.29) is 44.6 Å². The zero-order valence-corrected chi connectivity index (χ0v) is 20.3. The van der Waals surface area contributed by atoms with E-state index in [4.69, 9.17) is 22.3 Å². The van der Waals surface area contributed by atoms with Gasteiger partial charge in [0, 0.05) is 13.0 Å². The van der Waals surface area contributed by atoms with Crippen LogP contribution in [0.25, 0.3) is 0 Å². The average Bonchev–Trinajstić information content (AvgIpc) is 2.79. The monoisotopic (exact) mass is 521 g/mol. The molecule has 0 radical (unpaired) electrons. The number of rotatable bonds is 18. The smallest absolute Gasteiger partial charge is 0.326 e. The predicted molar refractivity (Wildman–Crippen MR) is 128 cm³/mol. The van der Waals surface area contributed by atoms with Crippen LogP contribution in [0.15, 0.2) is 4.99 Å². The Morgan fingerprint density at radius 3 is 1.97 bits per heavy atom. The van der Waals surface area contributed by atoms with Crippen molar-refractivity contribution in [3.05, 3.63) is 0 Å². The van der Waals surface area contributed by atoms with E-state index in [1.165, 1.54) is 11.8 Å². The Balaban J connectivity index is 5.34. The number of amides is 3. The van der Waals surface area contributed by atoms with Crippen molar-refractivity contribution in [2.75, 3.05) is 25.2 Å². The predicted octanol–water partition coefficient (Wildman–Crippen LogP) is -3.48. The highest BCUT2D eigenvalue weighted by Gasteiger charge is 2.29. The second-order valence-corrected chi connectivity index (χ2v) is 8.46. The summed E-state index contributed by atoms with van der Waals surface area (Å²) in [6.45, 7) is -0.702. The molecule has 0 rings (SSSR count). The number of guanidine groups is 1. The molecule has 0 fully saturated rings. The molecule has 4 atom stereocenters. The number of hydrogen-bond donors (Lipinski definition) is 9. The summed E-state index contributed by atoms with van der Waals surface area (Å²) >= 11 is 1.40. The van der Waals surface area contributed by atoms with Gasteiger partial charge in [0.05, 0.1) is 12.6 Å². The Hall–Kier alpha value is -3.11. The number of aliphatic imine (C=N–C) groups is 1. The van der Waals surface area contributed by atoms with Gasteiger partial charge in [-0.2, -0.15) is 11.8 Å². The molecule has 0 aliphatic rings. The molecule has 200 valence electrons. The van der Waals surface area contributed by atoms with Crippen LogP contribution in [0.1, 0.15) is 32.1 Å². The lowest BCUT2D eigenvalue weighted by Crippen LogP contribution is -2.58. The summed E-state index contributed by atoms with van der Waals surface area (Å²) in [5.74, 6) is -4.66. The number of aliphatic hydroxyl groups excluding tert-OH is 1. The second kappa shape index (κ2) is 17.3. The number of aliphatic hydroxyl groups is 1. The van der Waals surface area contributed by atoms with Gasteiger partial charge in [-0.3, -0.25) is 24.2 Å². The lowest BCUT2D eigenvalue weighted by molar-refractivity contribution is -0.142. The Morgan fingerprint density at radius 2 is 1.46 bits per heavy atom. The highest BCUT2D eigenvalue weighted by Crippen LogP contribution is 2.05. The number of carbonyl (C=O) groups excluding carboxylic acids is 3. The van der Waals surface area contributed by atoms with E-state index in [0.29, 0.717) is 5.75 Å². The molecule has 0 spiro atoms. The van der Waals surface area contributed by atoms with E-state index < -0.39 is 60.4 Å². The first-order valence-electron chi connectivity index (χ1n) is 10.7. The first kappa shape index (κ1) is 31.9. The molecule has 0 bridgehead atoms. The van der Waals surface area contributed by atoms with E-state index in [0.717, 1.165) is 0 Å². The zero-order chi connectivity index (χ0) is 27.0. The maximum atomic E-state index is 12.8. The molecule has 0 aromatic heterocycles. The van der Waals surface area contributed by atoms with Gasteiger partial charge in [0.25, 0.3) is 0 Å². The summed E-state index contributed by atoms with van der Waals surface area (Å²) in [5.41, 5.74) is 16.1. The standard InChI is InChI=1S/C19H35N7O8S/c1-35-8-6-12(18(33)34)25-16(31)11(3-2-7-23-19(21)22)24-17(32)13(9-27)26-15(30)10(20)4-5-14(28)29/h10-13,27H,2-9,20H2,1H3,(H,24,32)(H,25,31)(H,26,30)(H,28,29)(H,33,34)(H4,21,22,23). The topological polar surface area (TPSA) is 273 Å². The molecule has 0 aliphatic carbocycles. The number of carboxylic acids is 2. The number of hydrogen-bond acceptors (Lipinski definition) is 9. The minimum atomic E-state index is -1.49. The number of carbonyl (C=O) groups is 5. The summed E-state index contributed by atoms with van der Waals surface area (Å²) in [6.07, 6.45) is 1.64. The maximum absolute atomic E-state index is 12.8. The Morgan fingerprint density at radius 1 is 0.886 bits per heavy atom. The molecule has 0 aromatic rings. The highest BCUT2D eigenvalue weighted by molar-refractivity contribution is 7.98. The minimum absolute atomic E-state index is 0.0213. The van der Waals surface area contributed by atoms with Gasteiger partial charge in [-0.15, -0.1) is 0 Å². The van der Waals surface area contributed by atoms with Crippen molar-refractivity contribution >= 4 is 47.4 Å². The molecule has 15 nitrogen and oxygen atoms in total. The van der Waals surface area contributed by atoms with Crippen LogP contribution in [0.2, 0.25) is 0 Å². The lowest BCUT2D eigenvalue weighted by Gasteiger charge is -2.24. The van der Waals surface area contributed by atoms with Gasteiger partial charge in [-0.25, -0.2) is 4.79 Å². The first-order valence-corrected chi connectivity index (χ1v) is 12.1. The van der Waals surface area contributed by atoms with Gasteiger partial charge in [-0.1, -0.05) is 0 Å². The molecule has 12 N–H and O–H groups in total. The average molecular weight is 522 g/mol. The van der Waals surface area contributed by atoms with Crippen LogP contribution in [0.5, 0.6) is 0 Å². The number of carboxylic acid groups (broad SMARTS) is 2. The molecule has 16 heteroatoms. The van der Waals surface area contributed by atoms with Gasteiger partial charge >= 0.3 is 11.9 Å². The number of nitrogens with zero attached hydrogens (tertiary/aromatic N) is 1. The van der Waals surface area contributed by atoms with Crippen LogP contribution in [-0.4, -0.2) is 100 Å². The lowest BCUT2D eigenvalue weighted by atomic mass is 10.1. The summed E-state index contributed by atoms with van der Waals surface area (Å²) in [6, 6.07) is -5.13. The van der Waals surface area contributed by atoms with Gasteiger partial charge < -0.3 is 48.5 Å². The number of nitrogens with one attached hydrogen (secondary N) is 3. The Kier molecular flexibility index (Phi) is 15.8. The molecule has 0 aliphatic heterocycles. The third-order valence-corrected chi connectivity index (χ3v) is 5.27. The van der Waals surface area contributed by atoms with Crippen molar-refractivity contribution in [3.63, 3.8) is 0 Å². The quantitative estimate of drug-likeness (QED) is 0.0483.